The molecule has 0 aromatic heterocycles. The van der Waals surface area contributed by atoms with Crippen LogP contribution in [-0.2, 0) is 9.84 Å². The highest BCUT2D eigenvalue weighted by Crippen LogP contribution is 2.23. The van der Waals surface area contributed by atoms with E-state index < -0.39 is 27.1 Å². The lowest BCUT2D eigenvalue weighted by Crippen LogP contribution is -2.99. The Morgan fingerprint density at radius 2 is 1.67 bits per heavy atom. The number of hydrogen-bond donors (Lipinski definition) is 4. The standard InChI is InChI=1S/C16H16N4O6S/c21-15-17-9-10-19(15)16(22)18-11-1-5-13(6-2-11)27(25,26)14-7-3-12(4-8-14)20(23)24/h1-8,20,23H,9-10H2,(H,17,21)(H,18,22). The fourth-order valence-corrected chi connectivity index (χ4v) is 3.75. The number of carbonyl (C=O) groups is 2. The lowest BCUT2D eigenvalue weighted by Gasteiger charge is -2.14. The zero-order chi connectivity index (χ0) is 19.6. The summed E-state index contributed by atoms with van der Waals surface area (Å²) in [5.41, 5.74) is 0.317. The van der Waals surface area contributed by atoms with Gasteiger partial charge in [-0.05, 0) is 36.4 Å². The van der Waals surface area contributed by atoms with Crippen molar-refractivity contribution in [2.24, 2.45) is 0 Å². The molecule has 0 bridgehead atoms. The van der Waals surface area contributed by atoms with Crippen LogP contribution in [0.2, 0.25) is 0 Å². The van der Waals surface area contributed by atoms with Gasteiger partial charge in [0.25, 0.3) is 0 Å². The van der Waals surface area contributed by atoms with Gasteiger partial charge in [0.15, 0.2) is 5.69 Å². The number of benzene rings is 2. The van der Waals surface area contributed by atoms with E-state index in [9.17, 15) is 23.2 Å². The van der Waals surface area contributed by atoms with E-state index in [1.165, 1.54) is 48.5 Å². The van der Waals surface area contributed by atoms with Gasteiger partial charge in [-0.1, -0.05) is 0 Å². The summed E-state index contributed by atoms with van der Waals surface area (Å²) in [5, 5.41) is 23.6. The molecule has 1 atom stereocenters. The van der Waals surface area contributed by atoms with E-state index in [1.54, 1.807) is 0 Å². The van der Waals surface area contributed by atoms with Crippen LogP contribution in [-0.4, -0.2) is 43.7 Å². The number of anilines is 1. The van der Waals surface area contributed by atoms with Crippen LogP contribution in [0.3, 0.4) is 0 Å². The fourth-order valence-electron chi connectivity index (χ4n) is 2.49. The molecule has 1 aliphatic heterocycles. The number of quaternary nitrogens is 1. The van der Waals surface area contributed by atoms with Crippen molar-refractivity contribution >= 4 is 33.3 Å². The van der Waals surface area contributed by atoms with Gasteiger partial charge < -0.3 is 15.8 Å². The minimum absolute atomic E-state index is 0.0116. The Morgan fingerprint density at radius 1 is 1.11 bits per heavy atom. The third-order valence-corrected chi connectivity index (χ3v) is 5.71. The average Bonchev–Trinajstić information content (AvgIpc) is 3.08. The lowest BCUT2D eigenvalue weighted by molar-refractivity contribution is -0.991. The van der Waals surface area contributed by atoms with Gasteiger partial charge >= 0.3 is 12.1 Å². The van der Waals surface area contributed by atoms with Gasteiger partial charge in [-0.15, -0.1) is 0 Å². The summed E-state index contributed by atoms with van der Waals surface area (Å²) < 4.78 is 25.2. The first kappa shape index (κ1) is 18.8. The molecule has 142 valence electrons. The zero-order valence-corrected chi connectivity index (χ0v) is 14.7. The first-order chi connectivity index (χ1) is 12.8. The first-order valence-corrected chi connectivity index (χ1v) is 9.32. The molecule has 4 amide bonds. The van der Waals surface area contributed by atoms with Crippen LogP contribution in [0.1, 0.15) is 0 Å². The van der Waals surface area contributed by atoms with Crippen molar-refractivity contribution in [2.75, 3.05) is 18.4 Å². The summed E-state index contributed by atoms with van der Waals surface area (Å²) in [4.78, 5) is 24.4. The topological polar surface area (TPSA) is 143 Å². The van der Waals surface area contributed by atoms with Gasteiger partial charge in [0, 0.05) is 30.9 Å². The quantitative estimate of drug-likeness (QED) is 0.557. The maximum Gasteiger partial charge on any atom is 0.330 e. The first-order valence-electron chi connectivity index (χ1n) is 7.84. The van der Waals surface area contributed by atoms with Crippen LogP contribution in [0, 0.1) is 5.21 Å². The van der Waals surface area contributed by atoms with E-state index in [2.05, 4.69) is 10.6 Å². The van der Waals surface area contributed by atoms with Crippen molar-refractivity contribution < 1.29 is 28.4 Å². The van der Waals surface area contributed by atoms with E-state index in [0.717, 1.165) is 4.90 Å². The summed E-state index contributed by atoms with van der Waals surface area (Å²) in [6.45, 7) is 0.633. The summed E-state index contributed by atoms with van der Waals surface area (Å²) in [6.07, 6.45) is 0. The Labute approximate surface area is 154 Å². The number of rotatable bonds is 4. The van der Waals surface area contributed by atoms with Gasteiger partial charge in [0.2, 0.25) is 9.84 Å². The number of sulfone groups is 1. The van der Waals surface area contributed by atoms with E-state index >= 15 is 0 Å². The number of amides is 4. The molecule has 1 aliphatic rings. The minimum Gasteiger partial charge on any atom is -0.595 e. The van der Waals surface area contributed by atoms with Crippen molar-refractivity contribution in [3.63, 3.8) is 0 Å². The highest BCUT2D eigenvalue weighted by atomic mass is 32.2. The molecule has 2 aromatic rings. The molecule has 4 N–H and O–H groups in total. The molecular formula is C16H16N4O6S. The number of nitrogens with one attached hydrogen (secondary N) is 3. The predicted octanol–water partition coefficient (Wildman–Crippen LogP) is 0.480. The molecule has 1 fully saturated rings. The lowest BCUT2D eigenvalue weighted by atomic mass is 10.3. The molecule has 1 unspecified atom stereocenters. The van der Waals surface area contributed by atoms with Gasteiger partial charge in [0.1, 0.15) is 0 Å². The second-order valence-electron chi connectivity index (χ2n) is 5.67. The molecule has 0 spiro atoms. The van der Waals surface area contributed by atoms with Crippen LogP contribution in [0.25, 0.3) is 0 Å². The predicted molar refractivity (Wildman–Crippen MR) is 93.2 cm³/mol. The van der Waals surface area contributed by atoms with E-state index in [1.807, 2.05) is 0 Å². The van der Waals surface area contributed by atoms with Gasteiger partial charge in [-0.3, -0.25) is 0 Å². The second kappa shape index (κ2) is 7.32. The number of carbonyl (C=O) groups excluding carboxylic acids is 2. The molecule has 1 heterocycles. The largest absolute Gasteiger partial charge is 0.595 e. The highest BCUT2D eigenvalue weighted by Gasteiger charge is 2.26. The third kappa shape index (κ3) is 3.90. The van der Waals surface area contributed by atoms with Crippen molar-refractivity contribution in [1.82, 2.24) is 10.2 Å². The Bertz CT molecular complexity index is 957. The van der Waals surface area contributed by atoms with Crippen molar-refractivity contribution in [2.45, 2.75) is 9.79 Å². The molecular weight excluding hydrogens is 376 g/mol. The molecule has 11 heteroatoms. The highest BCUT2D eigenvalue weighted by molar-refractivity contribution is 7.91. The van der Waals surface area contributed by atoms with E-state index in [-0.39, 0.29) is 22.0 Å². The van der Waals surface area contributed by atoms with Crippen LogP contribution in [0.4, 0.5) is 21.0 Å². The number of nitrogens with zero attached hydrogens (tertiary/aromatic N) is 1. The summed E-state index contributed by atoms with van der Waals surface area (Å²) >= 11 is 0. The molecule has 3 rings (SSSR count). The molecule has 10 nitrogen and oxygen atoms in total. The molecule has 1 saturated heterocycles. The van der Waals surface area contributed by atoms with Crippen LogP contribution < -0.4 is 15.9 Å². The monoisotopic (exact) mass is 392 g/mol. The van der Waals surface area contributed by atoms with Crippen molar-refractivity contribution in [1.29, 1.82) is 0 Å². The van der Waals surface area contributed by atoms with Gasteiger partial charge in [-0.2, -0.15) is 5.23 Å². The van der Waals surface area contributed by atoms with E-state index in [0.29, 0.717) is 12.2 Å². The molecule has 0 saturated carbocycles. The van der Waals surface area contributed by atoms with E-state index in [4.69, 9.17) is 5.21 Å². The van der Waals surface area contributed by atoms with Crippen LogP contribution in [0.15, 0.2) is 58.3 Å². The smallest absolute Gasteiger partial charge is 0.330 e. The van der Waals surface area contributed by atoms with Crippen LogP contribution >= 0.6 is 0 Å². The van der Waals surface area contributed by atoms with Gasteiger partial charge in [0.05, 0.1) is 9.79 Å². The van der Waals surface area contributed by atoms with Crippen molar-refractivity contribution in [3.8, 4) is 0 Å². The third-order valence-electron chi connectivity index (χ3n) is 3.93. The summed E-state index contributed by atoms with van der Waals surface area (Å²) in [7, 11) is -3.83. The SMILES string of the molecule is O=C1NCCN1C(=O)Nc1ccc(S(=O)(=O)c2ccc([NH+]([O-])O)cc2)cc1. The molecule has 27 heavy (non-hydrogen) atoms. The summed E-state index contributed by atoms with van der Waals surface area (Å²) in [5.74, 6) is 0. The van der Waals surface area contributed by atoms with Gasteiger partial charge in [-0.25, -0.2) is 28.1 Å². The minimum atomic E-state index is -3.83. The summed E-state index contributed by atoms with van der Waals surface area (Å²) in [6, 6.07) is 9.23. The Kier molecular flexibility index (Phi) is 5.10. The Morgan fingerprint density at radius 3 is 2.15 bits per heavy atom. The number of hydrogen-bond acceptors (Lipinski definition) is 6. The number of imide groups is 1. The van der Waals surface area contributed by atoms with Crippen molar-refractivity contribution in [3.05, 3.63) is 53.7 Å². The zero-order valence-electron chi connectivity index (χ0n) is 13.9. The number of urea groups is 2. The fraction of sp³-hybridized carbons (Fsp3) is 0.125. The molecule has 2 aromatic carbocycles. The molecule has 0 aliphatic carbocycles. The maximum absolute atomic E-state index is 12.6. The average molecular weight is 392 g/mol. The second-order valence-corrected chi connectivity index (χ2v) is 7.62. The Balaban J connectivity index is 1.75. The van der Waals surface area contributed by atoms with Crippen LogP contribution in [0.5, 0.6) is 0 Å². The normalized spacial score (nSPS) is 15.3. The Hall–Kier alpha value is -2.99. The maximum atomic E-state index is 12.6. The molecule has 0 radical (unpaired) electrons.